The molecule has 0 fully saturated rings. The number of hydrogen-bond acceptors (Lipinski definition) is 5. The molecule has 0 aliphatic heterocycles. The molecule has 0 amide bonds. The van der Waals surface area contributed by atoms with Gasteiger partial charge in [0.25, 0.3) is 5.56 Å². The average molecular weight is 402 g/mol. The first-order valence-electron chi connectivity index (χ1n) is 9.77. The van der Waals surface area contributed by atoms with Crippen LogP contribution in [0.3, 0.4) is 0 Å². The lowest BCUT2D eigenvalue weighted by Gasteiger charge is -2.11. The van der Waals surface area contributed by atoms with Crippen LogP contribution in [0.5, 0.6) is 5.75 Å². The first-order valence-corrected chi connectivity index (χ1v) is 9.77. The van der Waals surface area contributed by atoms with Gasteiger partial charge in [0.2, 0.25) is 0 Å². The van der Waals surface area contributed by atoms with Gasteiger partial charge in [0.05, 0.1) is 12.0 Å². The van der Waals surface area contributed by atoms with Crippen molar-refractivity contribution < 1.29 is 9.53 Å². The van der Waals surface area contributed by atoms with Crippen molar-refractivity contribution in [3.05, 3.63) is 81.9 Å². The number of aryl methyl sites for hydroxylation is 1. The van der Waals surface area contributed by atoms with Gasteiger partial charge in [-0.05, 0) is 63.2 Å². The van der Waals surface area contributed by atoms with Crippen LogP contribution in [0, 0.1) is 13.8 Å². The highest BCUT2D eigenvalue weighted by atomic mass is 16.5. The molecule has 4 rings (SSSR count). The molecule has 0 atom stereocenters. The van der Waals surface area contributed by atoms with E-state index in [0.717, 1.165) is 27.5 Å². The van der Waals surface area contributed by atoms with Gasteiger partial charge < -0.3 is 9.30 Å². The second kappa shape index (κ2) is 7.94. The van der Waals surface area contributed by atoms with Gasteiger partial charge in [0.1, 0.15) is 17.8 Å². The molecule has 30 heavy (non-hydrogen) atoms. The highest BCUT2D eigenvalue weighted by molar-refractivity contribution is 5.97. The van der Waals surface area contributed by atoms with Crippen molar-refractivity contribution in [3.8, 4) is 11.4 Å². The molecule has 0 bridgehead atoms. The van der Waals surface area contributed by atoms with Crippen LogP contribution in [0.2, 0.25) is 0 Å². The number of hydrogen-bond donors (Lipinski definition) is 0. The van der Waals surface area contributed by atoms with Crippen molar-refractivity contribution in [3.63, 3.8) is 0 Å². The van der Waals surface area contributed by atoms with Crippen molar-refractivity contribution >= 4 is 16.7 Å². The molecular weight excluding hydrogens is 380 g/mol. The number of aromatic nitrogens is 4. The second-order valence-corrected chi connectivity index (χ2v) is 7.04. The molecule has 0 saturated carbocycles. The lowest BCUT2D eigenvalue weighted by atomic mass is 10.1. The number of nitrogens with zero attached hydrogens (tertiary/aromatic N) is 4. The van der Waals surface area contributed by atoms with Crippen LogP contribution in [0.1, 0.15) is 28.7 Å². The zero-order valence-corrected chi connectivity index (χ0v) is 17.1. The van der Waals surface area contributed by atoms with E-state index >= 15 is 0 Å². The molecule has 0 aliphatic carbocycles. The Hall–Kier alpha value is -3.74. The summed E-state index contributed by atoms with van der Waals surface area (Å²) in [7, 11) is 0. The fourth-order valence-corrected chi connectivity index (χ4v) is 3.65. The van der Waals surface area contributed by atoms with Gasteiger partial charge in [-0.2, -0.15) is 0 Å². The molecule has 0 N–H and O–H groups in total. The van der Waals surface area contributed by atoms with E-state index in [9.17, 15) is 9.59 Å². The molecule has 0 unspecified atom stereocenters. The molecule has 7 heteroatoms. The van der Waals surface area contributed by atoms with Gasteiger partial charge in [-0.1, -0.05) is 17.3 Å². The molecule has 2 heterocycles. The number of Topliss-reactive ketones (excluding diaryl/α,β-unsaturated/α-hetero) is 1. The number of ether oxygens (including phenoxy) is 1. The van der Waals surface area contributed by atoms with Crippen molar-refractivity contribution in [1.82, 2.24) is 19.6 Å². The maximum absolute atomic E-state index is 13.0. The van der Waals surface area contributed by atoms with Gasteiger partial charge in [-0.25, -0.2) is 4.68 Å². The monoisotopic (exact) mass is 402 g/mol. The Morgan fingerprint density at radius 3 is 2.53 bits per heavy atom. The lowest BCUT2D eigenvalue weighted by Crippen LogP contribution is -2.28. The fourth-order valence-electron chi connectivity index (χ4n) is 3.65. The average Bonchev–Trinajstić information content (AvgIpc) is 3.05. The van der Waals surface area contributed by atoms with E-state index in [1.54, 1.807) is 24.3 Å². The molecule has 0 radical (unpaired) electrons. The van der Waals surface area contributed by atoms with Crippen molar-refractivity contribution in [1.29, 1.82) is 0 Å². The highest BCUT2D eigenvalue weighted by Crippen LogP contribution is 2.23. The molecule has 0 aliphatic rings. The van der Waals surface area contributed by atoms with Crippen molar-refractivity contribution in [2.75, 3.05) is 6.61 Å². The fraction of sp³-hybridized carbons (Fsp3) is 0.217. The summed E-state index contributed by atoms with van der Waals surface area (Å²) in [6.07, 6.45) is 0. The van der Waals surface area contributed by atoms with Gasteiger partial charge in [0.15, 0.2) is 5.78 Å². The quantitative estimate of drug-likeness (QED) is 0.462. The zero-order chi connectivity index (χ0) is 21.3. The van der Waals surface area contributed by atoms with Crippen LogP contribution < -0.4 is 10.3 Å². The molecule has 152 valence electrons. The highest BCUT2D eigenvalue weighted by Gasteiger charge is 2.18. The zero-order valence-electron chi connectivity index (χ0n) is 17.1. The van der Waals surface area contributed by atoms with Crippen LogP contribution in [0.15, 0.2) is 59.4 Å². The number of ketones is 1. The maximum atomic E-state index is 13.0. The van der Waals surface area contributed by atoms with E-state index in [0.29, 0.717) is 23.1 Å². The summed E-state index contributed by atoms with van der Waals surface area (Å²) in [5, 5.41) is 8.42. The predicted octanol–water partition coefficient (Wildman–Crippen LogP) is 3.48. The molecule has 0 spiro atoms. The third kappa shape index (κ3) is 3.50. The third-order valence-electron chi connectivity index (χ3n) is 5.06. The van der Waals surface area contributed by atoms with Crippen molar-refractivity contribution in [2.45, 2.75) is 27.3 Å². The summed E-state index contributed by atoms with van der Waals surface area (Å²) in [5.41, 5.74) is 3.42. The first-order chi connectivity index (χ1) is 14.5. The minimum Gasteiger partial charge on any atom is -0.494 e. The number of fused-ring (bicyclic) bond motifs is 1. The minimum absolute atomic E-state index is 0.162. The molecule has 2 aromatic heterocycles. The predicted molar refractivity (Wildman–Crippen MR) is 115 cm³/mol. The van der Waals surface area contributed by atoms with E-state index in [4.69, 9.17) is 4.74 Å². The Labute approximate surface area is 173 Å². The largest absolute Gasteiger partial charge is 0.494 e. The Bertz CT molecular complexity index is 1290. The van der Waals surface area contributed by atoms with E-state index in [1.807, 2.05) is 55.7 Å². The Morgan fingerprint density at radius 2 is 1.80 bits per heavy atom. The number of carbonyl (C=O) groups is 1. The number of benzene rings is 2. The maximum Gasteiger partial charge on any atom is 0.278 e. The topological polar surface area (TPSA) is 79.0 Å². The van der Waals surface area contributed by atoms with Crippen LogP contribution in [-0.4, -0.2) is 32.0 Å². The van der Waals surface area contributed by atoms with Gasteiger partial charge in [-0.3, -0.25) is 9.59 Å². The summed E-state index contributed by atoms with van der Waals surface area (Å²) in [6.45, 7) is 6.23. The Balaban J connectivity index is 1.65. The standard InChI is InChI=1S/C23H22N4O3/c1-4-30-18-11-9-17(10-12-18)27-15(2)13-20(16(27)3)22(28)14-26-23(29)19-7-5-6-8-21(19)24-25-26/h5-13H,4,14H2,1-3H3. The second-order valence-electron chi connectivity index (χ2n) is 7.04. The summed E-state index contributed by atoms with van der Waals surface area (Å²) >= 11 is 0. The summed E-state index contributed by atoms with van der Waals surface area (Å²) < 4.78 is 8.63. The lowest BCUT2D eigenvalue weighted by molar-refractivity contribution is 0.0964. The van der Waals surface area contributed by atoms with Crippen LogP contribution >= 0.6 is 0 Å². The van der Waals surface area contributed by atoms with Gasteiger partial charge >= 0.3 is 0 Å². The molecule has 4 aromatic rings. The van der Waals surface area contributed by atoms with E-state index < -0.39 is 0 Å². The summed E-state index contributed by atoms with van der Waals surface area (Å²) in [5.74, 6) is 0.612. The van der Waals surface area contributed by atoms with Crippen LogP contribution in [0.25, 0.3) is 16.6 Å². The Morgan fingerprint density at radius 1 is 1.07 bits per heavy atom. The molecular formula is C23H22N4O3. The van der Waals surface area contributed by atoms with E-state index in [1.165, 1.54) is 0 Å². The number of carbonyl (C=O) groups excluding carboxylic acids is 1. The van der Waals surface area contributed by atoms with Crippen LogP contribution in [-0.2, 0) is 6.54 Å². The first kappa shape index (κ1) is 19.6. The summed E-state index contributed by atoms with van der Waals surface area (Å²) in [4.78, 5) is 25.6. The molecule has 0 saturated heterocycles. The van der Waals surface area contributed by atoms with Crippen molar-refractivity contribution in [2.24, 2.45) is 0 Å². The van der Waals surface area contributed by atoms with Crippen LogP contribution in [0.4, 0.5) is 0 Å². The minimum atomic E-state index is -0.325. The smallest absolute Gasteiger partial charge is 0.278 e. The third-order valence-corrected chi connectivity index (χ3v) is 5.06. The molecule has 7 nitrogen and oxygen atoms in total. The Kier molecular flexibility index (Phi) is 5.18. The molecule has 2 aromatic carbocycles. The number of rotatable bonds is 6. The normalized spacial score (nSPS) is 11.0. The van der Waals surface area contributed by atoms with Gasteiger partial charge in [0, 0.05) is 22.6 Å². The van der Waals surface area contributed by atoms with E-state index in [-0.39, 0.29) is 17.9 Å². The van der Waals surface area contributed by atoms with E-state index in [2.05, 4.69) is 10.3 Å². The SMILES string of the molecule is CCOc1ccc(-n2c(C)cc(C(=O)Cn3nnc4ccccc4c3=O)c2C)cc1. The summed E-state index contributed by atoms with van der Waals surface area (Å²) in [6, 6.07) is 16.5. The van der Waals surface area contributed by atoms with Gasteiger partial charge in [-0.15, -0.1) is 5.10 Å².